The summed E-state index contributed by atoms with van der Waals surface area (Å²) in [6.07, 6.45) is 8.81. The molecule has 8 nitrogen and oxygen atoms in total. The Labute approximate surface area is 187 Å². The lowest BCUT2D eigenvalue weighted by Crippen LogP contribution is -2.47. The summed E-state index contributed by atoms with van der Waals surface area (Å²) in [4.78, 5) is 41.2. The van der Waals surface area contributed by atoms with Crippen molar-refractivity contribution in [2.75, 3.05) is 31.5 Å². The van der Waals surface area contributed by atoms with Crippen LogP contribution in [0.1, 0.15) is 59.2 Å². The number of furan rings is 1. The van der Waals surface area contributed by atoms with E-state index in [9.17, 15) is 14.4 Å². The smallest absolute Gasteiger partial charge is 0.319 e. The number of likely N-dealkylation sites (tertiary alicyclic amines) is 2. The first-order valence-corrected chi connectivity index (χ1v) is 11.4. The van der Waals surface area contributed by atoms with Gasteiger partial charge in [0.05, 0.1) is 11.8 Å². The summed E-state index contributed by atoms with van der Waals surface area (Å²) in [5.41, 5.74) is 1.84. The van der Waals surface area contributed by atoms with Gasteiger partial charge in [-0.15, -0.1) is 0 Å². The van der Waals surface area contributed by atoms with Crippen LogP contribution in [0.3, 0.4) is 0 Å². The van der Waals surface area contributed by atoms with Gasteiger partial charge in [0.2, 0.25) is 0 Å². The molecule has 2 fully saturated rings. The van der Waals surface area contributed by atoms with Crippen molar-refractivity contribution in [1.82, 2.24) is 15.1 Å². The average molecular weight is 439 g/mol. The number of rotatable bonds is 4. The predicted molar refractivity (Wildman–Crippen MR) is 121 cm³/mol. The van der Waals surface area contributed by atoms with Crippen molar-refractivity contribution in [2.45, 2.75) is 44.6 Å². The molecule has 4 amide bonds. The molecule has 170 valence electrons. The lowest BCUT2D eigenvalue weighted by atomic mass is 10.0. The van der Waals surface area contributed by atoms with Crippen LogP contribution in [0.15, 0.2) is 47.3 Å². The Balaban J connectivity index is 1.23. The first-order valence-electron chi connectivity index (χ1n) is 11.4. The number of nitrogens with zero attached hydrogens (tertiary/aromatic N) is 2. The van der Waals surface area contributed by atoms with Crippen molar-refractivity contribution in [3.63, 3.8) is 0 Å². The quantitative estimate of drug-likeness (QED) is 0.761. The van der Waals surface area contributed by atoms with E-state index < -0.39 is 0 Å². The van der Waals surface area contributed by atoms with Crippen LogP contribution < -0.4 is 10.6 Å². The predicted octanol–water partition coefficient (Wildman–Crippen LogP) is 3.72. The van der Waals surface area contributed by atoms with E-state index in [0.717, 1.165) is 25.9 Å². The normalized spacial score (nSPS) is 17.5. The van der Waals surface area contributed by atoms with E-state index in [1.54, 1.807) is 35.2 Å². The molecule has 0 aliphatic carbocycles. The highest BCUT2D eigenvalue weighted by Crippen LogP contribution is 2.17. The Morgan fingerprint density at radius 2 is 1.41 bits per heavy atom. The van der Waals surface area contributed by atoms with Crippen LogP contribution in [0.5, 0.6) is 0 Å². The van der Waals surface area contributed by atoms with Crippen molar-refractivity contribution >= 4 is 23.5 Å². The van der Waals surface area contributed by atoms with E-state index in [0.29, 0.717) is 42.7 Å². The van der Waals surface area contributed by atoms with Gasteiger partial charge in [0.25, 0.3) is 11.8 Å². The Morgan fingerprint density at radius 1 is 0.781 bits per heavy atom. The van der Waals surface area contributed by atoms with Gasteiger partial charge >= 0.3 is 6.03 Å². The summed E-state index contributed by atoms with van der Waals surface area (Å²) >= 11 is 0. The average Bonchev–Trinajstić information content (AvgIpc) is 3.21. The van der Waals surface area contributed by atoms with Crippen LogP contribution in [0.2, 0.25) is 0 Å². The second-order valence-corrected chi connectivity index (χ2v) is 8.46. The van der Waals surface area contributed by atoms with Gasteiger partial charge < -0.3 is 24.9 Å². The third-order valence-electron chi connectivity index (χ3n) is 6.17. The van der Waals surface area contributed by atoms with Gasteiger partial charge in [-0.05, 0) is 56.0 Å². The molecule has 2 aliphatic heterocycles. The maximum atomic E-state index is 12.7. The molecular formula is C24H30N4O4. The molecule has 0 saturated carbocycles. The van der Waals surface area contributed by atoms with Crippen molar-refractivity contribution < 1.29 is 18.8 Å². The zero-order valence-corrected chi connectivity index (χ0v) is 18.2. The number of urea groups is 1. The highest BCUT2D eigenvalue weighted by atomic mass is 16.3. The van der Waals surface area contributed by atoms with E-state index in [2.05, 4.69) is 10.6 Å². The highest BCUT2D eigenvalue weighted by molar-refractivity contribution is 5.96. The molecule has 1 aromatic carbocycles. The molecule has 3 heterocycles. The largest absolute Gasteiger partial charge is 0.472 e. The monoisotopic (exact) mass is 438 g/mol. The van der Waals surface area contributed by atoms with E-state index in [-0.39, 0.29) is 23.9 Å². The number of hydrogen-bond acceptors (Lipinski definition) is 4. The second-order valence-electron chi connectivity index (χ2n) is 8.46. The lowest BCUT2D eigenvalue weighted by molar-refractivity contribution is 0.0707. The van der Waals surface area contributed by atoms with Crippen molar-refractivity contribution in [3.05, 3.63) is 54.0 Å². The van der Waals surface area contributed by atoms with Crippen LogP contribution in [-0.4, -0.2) is 59.9 Å². The molecule has 8 heteroatoms. The topological polar surface area (TPSA) is 94.9 Å². The number of piperidine rings is 1. The minimum absolute atomic E-state index is 0.00675. The van der Waals surface area contributed by atoms with Gasteiger partial charge in [-0.2, -0.15) is 0 Å². The Bertz CT molecular complexity index is 910. The maximum Gasteiger partial charge on any atom is 0.319 e. The van der Waals surface area contributed by atoms with Crippen molar-refractivity contribution in [2.24, 2.45) is 0 Å². The fourth-order valence-corrected chi connectivity index (χ4v) is 4.30. The molecule has 2 aliphatic rings. The Hall–Kier alpha value is -3.29. The highest BCUT2D eigenvalue weighted by Gasteiger charge is 2.25. The number of anilines is 1. The standard InChI is InChI=1S/C24H30N4O4/c29-22(27-12-3-1-2-4-13-27)18-5-7-20(8-6-18)25-24(31)26-21-9-14-28(15-10-21)23(30)19-11-16-32-17-19/h5-8,11,16-17,21H,1-4,9-10,12-15H2,(H2,25,26,31). The molecule has 0 unspecified atom stereocenters. The summed E-state index contributed by atoms with van der Waals surface area (Å²) < 4.78 is 4.98. The van der Waals surface area contributed by atoms with Gasteiger partial charge in [0.1, 0.15) is 6.26 Å². The number of carbonyl (C=O) groups is 3. The first-order chi connectivity index (χ1) is 15.6. The molecular weight excluding hydrogens is 408 g/mol. The van der Waals surface area contributed by atoms with Crippen LogP contribution in [0.4, 0.5) is 10.5 Å². The summed E-state index contributed by atoms with van der Waals surface area (Å²) in [7, 11) is 0. The van der Waals surface area contributed by atoms with Gasteiger partial charge in [-0.3, -0.25) is 9.59 Å². The van der Waals surface area contributed by atoms with Crippen LogP contribution in [0.25, 0.3) is 0 Å². The van der Waals surface area contributed by atoms with Crippen LogP contribution in [0, 0.1) is 0 Å². The Morgan fingerprint density at radius 3 is 2.03 bits per heavy atom. The number of hydrogen-bond donors (Lipinski definition) is 2. The number of benzene rings is 1. The first kappa shape index (κ1) is 21.9. The summed E-state index contributed by atoms with van der Waals surface area (Å²) in [6.45, 7) is 2.80. The molecule has 0 bridgehead atoms. The van der Waals surface area contributed by atoms with Gasteiger partial charge in [-0.25, -0.2) is 4.79 Å². The molecule has 0 spiro atoms. The van der Waals surface area contributed by atoms with Crippen LogP contribution in [-0.2, 0) is 0 Å². The van der Waals surface area contributed by atoms with E-state index in [1.807, 2.05) is 4.90 Å². The van der Waals surface area contributed by atoms with E-state index in [1.165, 1.54) is 25.4 Å². The second kappa shape index (κ2) is 10.3. The Kier molecular flexibility index (Phi) is 7.09. The molecule has 2 N–H and O–H groups in total. The zero-order valence-electron chi connectivity index (χ0n) is 18.2. The van der Waals surface area contributed by atoms with Gasteiger partial charge in [-0.1, -0.05) is 12.8 Å². The lowest BCUT2D eigenvalue weighted by Gasteiger charge is -2.32. The molecule has 2 aromatic rings. The number of amides is 4. The van der Waals surface area contributed by atoms with Gasteiger partial charge in [0.15, 0.2) is 0 Å². The molecule has 4 rings (SSSR count). The SMILES string of the molecule is O=C(Nc1ccc(C(=O)N2CCCCCC2)cc1)NC1CCN(C(=O)c2ccoc2)CC1. The zero-order chi connectivity index (χ0) is 22.3. The van der Waals surface area contributed by atoms with E-state index in [4.69, 9.17) is 4.42 Å². The third kappa shape index (κ3) is 5.49. The minimum atomic E-state index is -0.281. The fourth-order valence-electron chi connectivity index (χ4n) is 4.30. The number of nitrogens with one attached hydrogen (secondary N) is 2. The maximum absolute atomic E-state index is 12.7. The molecule has 0 radical (unpaired) electrons. The van der Waals surface area contributed by atoms with Crippen molar-refractivity contribution in [3.8, 4) is 0 Å². The summed E-state index contributed by atoms with van der Waals surface area (Å²) in [6, 6.07) is 8.44. The van der Waals surface area contributed by atoms with Crippen LogP contribution >= 0.6 is 0 Å². The molecule has 1 aromatic heterocycles. The molecule has 0 atom stereocenters. The summed E-state index contributed by atoms with van der Waals surface area (Å²) in [5.74, 6) is 0.0103. The number of carbonyl (C=O) groups excluding carboxylic acids is 3. The molecule has 2 saturated heterocycles. The van der Waals surface area contributed by atoms with Gasteiger partial charge in [0, 0.05) is 43.5 Å². The summed E-state index contributed by atoms with van der Waals surface area (Å²) in [5, 5.41) is 5.81. The molecule has 32 heavy (non-hydrogen) atoms. The minimum Gasteiger partial charge on any atom is -0.472 e. The van der Waals surface area contributed by atoms with E-state index >= 15 is 0 Å². The van der Waals surface area contributed by atoms with Crippen molar-refractivity contribution in [1.29, 1.82) is 0 Å². The fraction of sp³-hybridized carbons (Fsp3) is 0.458. The third-order valence-corrected chi connectivity index (χ3v) is 6.17.